The second-order valence-electron chi connectivity index (χ2n) is 5.15. The van der Waals surface area contributed by atoms with Crippen LogP contribution in [0.2, 0.25) is 0 Å². The van der Waals surface area contributed by atoms with E-state index in [1.54, 1.807) is 0 Å². The van der Waals surface area contributed by atoms with Crippen LogP contribution in [0.4, 0.5) is 0 Å². The summed E-state index contributed by atoms with van der Waals surface area (Å²) in [5.41, 5.74) is -0.0609. The van der Waals surface area contributed by atoms with Gasteiger partial charge >= 0.3 is 0 Å². The third kappa shape index (κ3) is 16.1. The summed E-state index contributed by atoms with van der Waals surface area (Å²) in [4.78, 5) is 10.2. The number of ether oxygens (including phenoxy) is 1. The second kappa shape index (κ2) is 11.1. The number of rotatable bonds is 6. The lowest BCUT2D eigenvalue weighted by Crippen LogP contribution is -2.23. The maximum absolute atomic E-state index is 10.2. The number of hydrogen-bond acceptors (Lipinski definition) is 2. The Morgan fingerprint density at radius 1 is 1.19 bits per heavy atom. The van der Waals surface area contributed by atoms with Crippen LogP contribution in [0.25, 0.3) is 0 Å². The first-order chi connectivity index (χ1) is 7.41. The van der Waals surface area contributed by atoms with Crippen molar-refractivity contribution < 1.29 is 9.53 Å². The summed E-state index contributed by atoms with van der Waals surface area (Å²) in [7, 11) is 0. The average molecular weight is 230 g/mol. The predicted molar refractivity (Wildman–Crippen MR) is 70.7 cm³/mol. The van der Waals surface area contributed by atoms with Crippen LogP contribution in [0.1, 0.15) is 67.2 Å². The topological polar surface area (TPSA) is 26.3 Å². The third-order valence-electron chi connectivity index (χ3n) is 2.02. The molecular weight excluding hydrogens is 200 g/mol. The van der Waals surface area contributed by atoms with Gasteiger partial charge in [-0.15, -0.1) is 0 Å². The molecule has 16 heavy (non-hydrogen) atoms. The summed E-state index contributed by atoms with van der Waals surface area (Å²) in [6.45, 7) is 13.3. The van der Waals surface area contributed by atoms with Gasteiger partial charge in [0.2, 0.25) is 0 Å². The molecule has 0 heterocycles. The van der Waals surface area contributed by atoms with Crippen molar-refractivity contribution in [3.8, 4) is 0 Å². The molecule has 2 nitrogen and oxygen atoms in total. The largest absolute Gasteiger partial charge is 0.376 e. The number of hydrogen-bond donors (Lipinski definition) is 0. The normalized spacial score (nSPS) is 12.6. The van der Waals surface area contributed by atoms with E-state index in [2.05, 4.69) is 41.5 Å². The van der Waals surface area contributed by atoms with Gasteiger partial charge in [0.05, 0.1) is 12.2 Å². The molecule has 0 aliphatic heterocycles. The monoisotopic (exact) mass is 230 g/mol. The molecule has 0 aliphatic carbocycles. The SMILES string of the molecule is CCC.CCC(CCC=O)COC(C)(C)C. The van der Waals surface area contributed by atoms with Gasteiger partial charge in [-0.25, -0.2) is 0 Å². The van der Waals surface area contributed by atoms with Gasteiger partial charge in [-0.3, -0.25) is 0 Å². The Balaban J connectivity index is 0. The van der Waals surface area contributed by atoms with E-state index >= 15 is 0 Å². The minimum atomic E-state index is -0.0609. The maximum atomic E-state index is 10.2. The van der Waals surface area contributed by atoms with E-state index in [1.807, 2.05) is 0 Å². The predicted octanol–water partition coefficient (Wildman–Crippen LogP) is 4.22. The lowest BCUT2D eigenvalue weighted by Gasteiger charge is -2.23. The van der Waals surface area contributed by atoms with Gasteiger partial charge in [0.1, 0.15) is 6.29 Å². The quantitative estimate of drug-likeness (QED) is 0.638. The molecule has 98 valence electrons. The molecule has 0 radical (unpaired) electrons. The fourth-order valence-corrected chi connectivity index (χ4v) is 1.08. The van der Waals surface area contributed by atoms with Crippen LogP contribution in [0, 0.1) is 5.92 Å². The van der Waals surface area contributed by atoms with Crippen molar-refractivity contribution in [1.29, 1.82) is 0 Å². The molecule has 0 amide bonds. The Bertz CT molecular complexity index is 147. The van der Waals surface area contributed by atoms with E-state index in [4.69, 9.17) is 4.74 Å². The highest BCUT2D eigenvalue weighted by Gasteiger charge is 2.13. The average Bonchev–Trinajstić information content (AvgIpc) is 2.18. The molecular formula is C14H30O2. The highest BCUT2D eigenvalue weighted by Crippen LogP contribution is 2.15. The first-order valence-corrected chi connectivity index (χ1v) is 6.48. The number of carbonyl (C=O) groups is 1. The summed E-state index contributed by atoms with van der Waals surface area (Å²) in [6, 6.07) is 0. The molecule has 0 fully saturated rings. The van der Waals surface area contributed by atoms with Crippen molar-refractivity contribution in [3.05, 3.63) is 0 Å². The molecule has 0 saturated heterocycles. The van der Waals surface area contributed by atoms with Gasteiger partial charge < -0.3 is 9.53 Å². The van der Waals surface area contributed by atoms with Gasteiger partial charge in [-0.05, 0) is 33.1 Å². The third-order valence-corrected chi connectivity index (χ3v) is 2.02. The highest BCUT2D eigenvalue weighted by molar-refractivity contribution is 5.49. The van der Waals surface area contributed by atoms with Crippen LogP contribution >= 0.6 is 0 Å². The smallest absolute Gasteiger partial charge is 0.120 e. The van der Waals surface area contributed by atoms with Crippen molar-refractivity contribution >= 4 is 6.29 Å². The fraction of sp³-hybridized carbons (Fsp3) is 0.929. The van der Waals surface area contributed by atoms with Crippen molar-refractivity contribution in [2.75, 3.05) is 6.61 Å². The van der Waals surface area contributed by atoms with Crippen LogP contribution in [0.15, 0.2) is 0 Å². The molecule has 0 aliphatic rings. The molecule has 1 unspecified atom stereocenters. The highest BCUT2D eigenvalue weighted by atomic mass is 16.5. The van der Waals surface area contributed by atoms with Crippen LogP contribution < -0.4 is 0 Å². The summed E-state index contributed by atoms with van der Waals surface area (Å²) < 4.78 is 5.66. The first-order valence-electron chi connectivity index (χ1n) is 6.48. The molecule has 0 aromatic heterocycles. The standard InChI is InChI=1S/C11H22O2.C3H8/c1-5-10(7-6-8-12)9-13-11(2,3)4;1-3-2/h8,10H,5-7,9H2,1-4H3;3H2,1-2H3. The molecule has 0 N–H and O–H groups in total. The van der Waals surface area contributed by atoms with Crippen LogP contribution in [0.5, 0.6) is 0 Å². The molecule has 0 aromatic carbocycles. The molecule has 2 heteroatoms. The van der Waals surface area contributed by atoms with E-state index < -0.39 is 0 Å². The Kier molecular flexibility index (Phi) is 12.5. The van der Waals surface area contributed by atoms with Crippen molar-refractivity contribution in [2.24, 2.45) is 5.92 Å². The molecule has 0 aromatic rings. The molecule has 1 atom stereocenters. The van der Waals surface area contributed by atoms with Crippen LogP contribution in [-0.4, -0.2) is 18.5 Å². The van der Waals surface area contributed by atoms with Gasteiger partial charge in [-0.1, -0.05) is 33.6 Å². The van der Waals surface area contributed by atoms with Crippen molar-refractivity contribution in [3.63, 3.8) is 0 Å². The molecule has 0 bridgehead atoms. The lowest BCUT2D eigenvalue weighted by molar-refractivity contribution is -0.108. The maximum Gasteiger partial charge on any atom is 0.120 e. The zero-order chi connectivity index (χ0) is 13.0. The van der Waals surface area contributed by atoms with Gasteiger partial charge in [0.25, 0.3) is 0 Å². The Labute approximate surface area is 102 Å². The lowest BCUT2D eigenvalue weighted by atomic mass is 10.0. The van der Waals surface area contributed by atoms with Crippen LogP contribution in [0.3, 0.4) is 0 Å². The Morgan fingerprint density at radius 2 is 1.69 bits per heavy atom. The van der Waals surface area contributed by atoms with E-state index in [0.29, 0.717) is 12.3 Å². The van der Waals surface area contributed by atoms with Gasteiger partial charge in [0, 0.05) is 6.42 Å². The van der Waals surface area contributed by atoms with Crippen molar-refractivity contribution in [2.45, 2.75) is 72.8 Å². The minimum Gasteiger partial charge on any atom is -0.376 e. The van der Waals surface area contributed by atoms with E-state index in [0.717, 1.165) is 25.7 Å². The second-order valence-corrected chi connectivity index (χ2v) is 5.15. The van der Waals surface area contributed by atoms with Crippen molar-refractivity contribution in [1.82, 2.24) is 0 Å². The van der Waals surface area contributed by atoms with E-state index in [1.165, 1.54) is 6.42 Å². The Hall–Kier alpha value is -0.370. The fourth-order valence-electron chi connectivity index (χ4n) is 1.08. The summed E-state index contributed by atoms with van der Waals surface area (Å²) in [6.07, 6.45) is 4.94. The minimum absolute atomic E-state index is 0.0609. The molecule has 0 spiro atoms. The van der Waals surface area contributed by atoms with E-state index in [9.17, 15) is 4.79 Å². The number of carbonyl (C=O) groups excluding carboxylic acids is 1. The van der Waals surface area contributed by atoms with Gasteiger partial charge in [-0.2, -0.15) is 0 Å². The van der Waals surface area contributed by atoms with Crippen LogP contribution in [-0.2, 0) is 9.53 Å². The summed E-state index contributed by atoms with van der Waals surface area (Å²) in [5, 5.41) is 0. The molecule has 0 saturated carbocycles. The molecule has 0 rings (SSSR count). The first kappa shape index (κ1) is 18.0. The van der Waals surface area contributed by atoms with E-state index in [-0.39, 0.29) is 5.60 Å². The Morgan fingerprint density at radius 3 is 2.00 bits per heavy atom. The summed E-state index contributed by atoms with van der Waals surface area (Å²) >= 11 is 0. The van der Waals surface area contributed by atoms with Gasteiger partial charge in [0.15, 0.2) is 0 Å². The number of aldehydes is 1. The zero-order valence-corrected chi connectivity index (χ0v) is 12.0. The summed E-state index contributed by atoms with van der Waals surface area (Å²) in [5.74, 6) is 0.532. The zero-order valence-electron chi connectivity index (χ0n) is 12.0.